The van der Waals surface area contributed by atoms with Crippen molar-refractivity contribution in [3.05, 3.63) is 66.7 Å². The lowest BCUT2D eigenvalue weighted by Crippen LogP contribution is -2.28. The van der Waals surface area contributed by atoms with Gasteiger partial charge in [-0.1, -0.05) is 48.5 Å². The van der Waals surface area contributed by atoms with Crippen LogP contribution >= 0.6 is 0 Å². The number of carbonyl (C=O) groups is 2. The van der Waals surface area contributed by atoms with E-state index in [9.17, 15) is 9.59 Å². The van der Waals surface area contributed by atoms with E-state index in [1.165, 1.54) is 0 Å². The molecule has 0 spiro atoms. The van der Waals surface area contributed by atoms with Crippen molar-refractivity contribution >= 4 is 45.3 Å². The Bertz CT molecular complexity index is 1180. The predicted molar refractivity (Wildman–Crippen MR) is 109 cm³/mol. The highest BCUT2D eigenvalue weighted by molar-refractivity contribution is 6.08. The number of aromatic nitrogens is 2. The Morgan fingerprint density at radius 2 is 1.82 bits per heavy atom. The van der Waals surface area contributed by atoms with Crippen molar-refractivity contribution in [3.8, 4) is 0 Å². The summed E-state index contributed by atoms with van der Waals surface area (Å²) in [5.74, 6) is -0.252. The number of nitrogens with zero attached hydrogens (tertiary/aromatic N) is 2. The zero-order chi connectivity index (χ0) is 19.1. The molecule has 1 fully saturated rings. The van der Waals surface area contributed by atoms with Crippen LogP contribution in [0.25, 0.3) is 21.8 Å². The number of anilines is 2. The Labute approximate surface area is 161 Å². The number of benzene rings is 3. The number of H-pyrrole nitrogens is 1. The van der Waals surface area contributed by atoms with Gasteiger partial charge in [0, 0.05) is 18.4 Å². The molecule has 2 amide bonds. The predicted octanol–water partition coefficient (Wildman–Crippen LogP) is 3.71. The molecule has 2 N–H and O–H groups in total. The molecule has 2 heterocycles. The summed E-state index contributed by atoms with van der Waals surface area (Å²) >= 11 is 0. The highest BCUT2D eigenvalue weighted by Crippen LogP contribution is 2.32. The van der Waals surface area contributed by atoms with Crippen molar-refractivity contribution in [1.29, 1.82) is 0 Å². The van der Waals surface area contributed by atoms with E-state index in [-0.39, 0.29) is 18.2 Å². The first-order valence-corrected chi connectivity index (χ1v) is 9.23. The molecule has 0 saturated carbocycles. The molecule has 1 atom stereocenters. The Morgan fingerprint density at radius 1 is 1.04 bits per heavy atom. The molecule has 3 aromatic carbocycles. The lowest BCUT2D eigenvalue weighted by Gasteiger charge is -2.18. The summed E-state index contributed by atoms with van der Waals surface area (Å²) in [6, 6.07) is 21.4. The molecular formula is C22H18N4O2. The minimum atomic E-state index is -0.417. The van der Waals surface area contributed by atoms with Crippen molar-refractivity contribution in [2.24, 2.45) is 5.92 Å². The summed E-state index contributed by atoms with van der Waals surface area (Å²) in [7, 11) is 0. The molecule has 6 heteroatoms. The summed E-state index contributed by atoms with van der Waals surface area (Å²) in [4.78, 5) is 34.6. The van der Waals surface area contributed by atoms with Crippen LogP contribution in [0.5, 0.6) is 0 Å². The van der Waals surface area contributed by atoms with Crippen molar-refractivity contribution in [2.45, 2.75) is 6.42 Å². The fraction of sp³-hybridized carbons (Fsp3) is 0.136. The molecule has 1 aliphatic heterocycles. The second kappa shape index (κ2) is 6.49. The largest absolute Gasteiger partial charge is 0.324 e. The van der Waals surface area contributed by atoms with Gasteiger partial charge >= 0.3 is 0 Å². The molecule has 5 rings (SSSR count). The fourth-order valence-corrected chi connectivity index (χ4v) is 3.79. The molecule has 0 aliphatic carbocycles. The van der Waals surface area contributed by atoms with Gasteiger partial charge in [-0.05, 0) is 23.6 Å². The molecule has 1 aromatic heterocycles. The number of rotatable bonds is 3. The van der Waals surface area contributed by atoms with Gasteiger partial charge in [0.2, 0.25) is 17.8 Å². The summed E-state index contributed by atoms with van der Waals surface area (Å²) < 4.78 is 0. The maximum absolute atomic E-state index is 12.7. The van der Waals surface area contributed by atoms with Crippen LogP contribution < -0.4 is 10.2 Å². The quantitative estimate of drug-likeness (QED) is 0.577. The van der Waals surface area contributed by atoms with E-state index < -0.39 is 5.92 Å². The number of fused-ring (bicyclic) bond motifs is 2. The van der Waals surface area contributed by atoms with E-state index in [4.69, 9.17) is 0 Å². The van der Waals surface area contributed by atoms with E-state index in [2.05, 4.69) is 15.3 Å². The van der Waals surface area contributed by atoms with E-state index >= 15 is 0 Å². The summed E-state index contributed by atoms with van der Waals surface area (Å²) in [5, 5.41) is 4.90. The lowest BCUT2D eigenvalue weighted by atomic mass is 10.1. The molecule has 1 aliphatic rings. The van der Waals surface area contributed by atoms with Crippen molar-refractivity contribution in [1.82, 2.24) is 9.97 Å². The Morgan fingerprint density at radius 3 is 2.71 bits per heavy atom. The minimum Gasteiger partial charge on any atom is -0.324 e. The van der Waals surface area contributed by atoms with Crippen LogP contribution in [-0.4, -0.2) is 28.3 Å². The molecule has 6 nitrogen and oxygen atoms in total. The first-order valence-electron chi connectivity index (χ1n) is 9.23. The van der Waals surface area contributed by atoms with Gasteiger partial charge in [0.25, 0.3) is 0 Å². The van der Waals surface area contributed by atoms with Crippen LogP contribution in [0.4, 0.5) is 11.6 Å². The lowest BCUT2D eigenvalue weighted by molar-refractivity contribution is -0.122. The number of amides is 2. The highest BCUT2D eigenvalue weighted by Gasteiger charge is 2.36. The van der Waals surface area contributed by atoms with Crippen LogP contribution in [0, 0.1) is 5.92 Å². The third kappa shape index (κ3) is 2.79. The highest BCUT2D eigenvalue weighted by atomic mass is 16.2. The van der Waals surface area contributed by atoms with Crippen molar-refractivity contribution in [2.75, 3.05) is 16.8 Å². The summed E-state index contributed by atoms with van der Waals surface area (Å²) in [6.07, 6.45) is 0.190. The summed E-state index contributed by atoms with van der Waals surface area (Å²) in [6.45, 7) is 0.360. The van der Waals surface area contributed by atoms with Crippen LogP contribution in [0.3, 0.4) is 0 Å². The molecule has 0 radical (unpaired) electrons. The van der Waals surface area contributed by atoms with Gasteiger partial charge in [-0.2, -0.15) is 0 Å². The minimum absolute atomic E-state index is 0.0406. The standard InChI is InChI=1S/C22H18N4O2/c27-20-12-15(21(28)25-22-23-17-9-3-4-10-18(17)24-22)13-26(20)19-11-5-7-14-6-1-2-8-16(14)19/h1-11,15H,12-13H2,(H2,23,24,25,28). The zero-order valence-electron chi connectivity index (χ0n) is 15.1. The third-order valence-electron chi connectivity index (χ3n) is 5.18. The Balaban J connectivity index is 1.37. The van der Waals surface area contributed by atoms with Crippen LogP contribution in [0.1, 0.15) is 6.42 Å². The van der Waals surface area contributed by atoms with Gasteiger partial charge in [-0.25, -0.2) is 4.98 Å². The molecule has 138 valence electrons. The van der Waals surface area contributed by atoms with Crippen LogP contribution in [0.15, 0.2) is 66.7 Å². The van der Waals surface area contributed by atoms with Gasteiger partial charge in [0.15, 0.2) is 0 Å². The second-order valence-electron chi connectivity index (χ2n) is 7.00. The number of hydrogen-bond donors (Lipinski definition) is 2. The smallest absolute Gasteiger partial charge is 0.232 e. The fourth-order valence-electron chi connectivity index (χ4n) is 3.79. The topological polar surface area (TPSA) is 78.1 Å². The Kier molecular flexibility index (Phi) is 3.83. The molecule has 1 unspecified atom stereocenters. The Hall–Kier alpha value is -3.67. The monoisotopic (exact) mass is 370 g/mol. The number of carbonyl (C=O) groups excluding carboxylic acids is 2. The molecule has 4 aromatic rings. The number of hydrogen-bond acceptors (Lipinski definition) is 3. The van der Waals surface area contributed by atoms with E-state index in [0.717, 1.165) is 27.5 Å². The second-order valence-corrected chi connectivity index (χ2v) is 7.00. The molecule has 0 bridgehead atoms. The zero-order valence-corrected chi connectivity index (χ0v) is 15.1. The first kappa shape index (κ1) is 16.5. The average Bonchev–Trinajstić information content (AvgIpc) is 3.30. The van der Waals surface area contributed by atoms with Gasteiger partial charge in [0.1, 0.15) is 0 Å². The van der Waals surface area contributed by atoms with Crippen molar-refractivity contribution in [3.63, 3.8) is 0 Å². The van der Waals surface area contributed by atoms with E-state index in [1.54, 1.807) is 4.90 Å². The van der Waals surface area contributed by atoms with Gasteiger partial charge in [0.05, 0.1) is 22.6 Å². The molecule has 1 saturated heterocycles. The van der Waals surface area contributed by atoms with E-state index in [0.29, 0.717) is 12.5 Å². The number of aromatic amines is 1. The normalized spacial score (nSPS) is 16.8. The maximum Gasteiger partial charge on any atom is 0.232 e. The van der Waals surface area contributed by atoms with Gasteiger partial charge in [-0.3, -0.25) is 14.9 Å². The first-order chi connectivity index (χ1) is 13.7. The number of nitrogens with one attached hydrogen (secondary N) is 2. The summed E-state index contributed by atoms with van der Waals surface area (Å²) in [5.41, 5.74) is 2.50. The third-order valence-corrected chi connectivity index (χ3v) is 5.18. The van der Waals surface area contributed by atoms with Gasteiger partial charge in [-0.15, -0.1) is 0 Å². The van der Waals surface area contributed by atoms with Crippen molar-refractivity contribution < 1.29 is 9.59 Å². The average molecular weight is 370 g/mol. The SMILES string of the molecule is O=C(Nc1nc2ccccc2[nH]1)C1CC(=O)N(c2cccc3ccccc23)C1. The molecular weight excluding hydrogens is 352 g/mol. The van der Waals surface area contributed by atoms with Crippen LogP contribution in [-0.2, 0) is 9.59 Å². The van der Waals surface area contributed by atoms with E-state index in [1.807, 2.05) is 66.7 Å². The maximum atomic E-state index is 12.7. The van der Waals surface area contributed by atoms with Crippen LogP contribution in [0.2, 0.25) is 0 Å². The number of para-hydroxylation sites is 2. The number of imidazole rings is 1. The van der Waals surface area contributed by atoms with Gasteiger partial charge < -0.3 is 9.88 Å². The molecule has 28 heavy (non-hydrogen) atoms.